The number of rotatable bonds is 2. The van der Waals surface area contributed by atoms with Crippen LogP contribution in [-0.4, -0.2) is 66.5 Å². The van der Waals surface area contributed by atoms with Gasteiger partial charge in [-0.3, -0.25) is 4.31 Å². The molecule has 0 amide bonds. The lowest BCUT2D eigenvalue weighted by Gasteiger charge is -2.23. The van der Waals surface area contributed by atoms with E-state index in [2.05, 4.69) is 40.8 Å². The van der Waals surface area contributed by atoms with Crippen molar-refractivity contribution in [1.29, 1.82) is 0 Å². The van der Waals surface area contributed by atoms with Gasteiger partial charge in [0.15, 0.2) is 0 Å². The highest BCUT2D eigenvalue weighted by atomic mass is 32.1. The zero-order chi connectivity index (χ0) is 10.4. The largest absolute Gasteiger partial charge is 0.301 e. The van der Waals surface area contributed by atoms with Gasteiger partial charge in [0, 0.05) is 39.3 Å². The van der Waals surface area contributed by atoms with Crippen LogP contribution in [0, 0.1) is 0 Å². The first-order valence-electron chi connectivity index (χ1n) is 5.64. The molecule has 0 spiro atoms. The van der Waals surface area contributed by atoms with Gasteiger partial charge in [-0.2, -0.15) is 0 Å². The van der Waals surface area contributed by atoms with E-state index in [1.165, 1.54) is 13.1 Å². The lowest BCUT2D eigenvalue weighted by atomic mass is 10.4. The van der Waals surface area contributed by atoms with E-state index >= 15 is 0 Å². The van der Waals surface area contributed by atoms with Gasteiger partial charge in [-0.05, 0) is 13.1 Å². The van der Waals surface area contributed by atoms with Crippen molar-refractivity contribution >= 4 is 12.8 Å². The maximum atomic E-state index is 4.46. The highest BCUT2D eigenvalue weighted by Gasteiger charge is 2.12. The van der Waals surface area contributed by atoms with Gasteiger partial charge >= 0.3 is 0 Å². The summed E-state index contributed by atoms with van der Waals surface area (Å²) in [6.07, 6.45) is 0. The monoisotopic (exact) mass is 217 g/mol. The van der Waals surface area contributed by atoms with Gasteiger partial charge in [0.25, 0.3) is 0 Å². The van der Waals surface area contributed by atoms with Crippen LogP contribution in [0.5, 0.6) is 0 Å². The molecule has 14 heavy (non-hydrogen) atoms. The molecule has 1 heterocycles. The molecule has 84 valence electrons. The fourth-order valence-corrected chi connectivity index (χ4v) is 1.94. The lowest BCUT2D eigenvalue weighted by molar-refractivity contribution is 0.232. The molecular formula is C10H23N3S. The molecule has 0 bridgehead atoms. The van der Waals surface area contributed by atoms with Crippen molar-refractivity contribution in [2.24, 2.45) is 0 Å². The summed E-state index contributed by atoms with van der Waals surface area (Å²) in [5.74, 6) is 0. The molecule has 0 saturated carbocycles. The van der Waals surface area contributed by atoms with E-state index in [0.717, 1.165) is 39.3 Å². The van der Waals surface area contributed by atoms with Crippen molar-refractivity contribution in [2.75, 3.05) is 52.4 Å². The highest BCUT2D eigenvalue weighted by molar-refractivity contribution is 7.77. The first kappa shape index (κ1) is 12.3. The molecule has 1 saturated heterocycles. The van der Waals surface area contributed by atoms with E-state index < -0.39 is 0 Å². The molecule has 3 nitrogen and oxygen atoms in total. The van der Waals surface area contributed by atoms with Crippen LogP contribution >= 0.6 is 12.8 Å². The van der Waals surface area contributed by atoms with E-state index in [1.54, 1.807) is 0 Å². The first-order chi connectivity index (χ1) is 6.76. The van der Waals surface area contributed by atoms with Gasteiger partial charge in [-0.15, -0.1) is 0 Å². The predicted octanol–water partition coefficient (Wildman–Crippen LogP) is 0.791. The van der Waals surface area contributed by atoms with Crippen molar-refractivity contribution in [3.05, 3.63) is 0 Å². The number of hydrogen-bond donors (Lipinski definition) is 1. The van der Waals surface area contributed by atoms with Crippen LogP contribution in [0.4, 0.5) is 0 Å². The van der Waals surface area contributed by atoms with Crippen molar-refractivity contribution in [3.63, 3.8) is 0 Å². The van der Waals surface area contributed by atoms with Crippen LogP contribution in [0.1, 0.15) is 13.8 Å². The zero-order valence-corrected chi connectivity index (χ0v) is 10.3. The molecule has 0 aromatic carbocycles. The summed E-state index contributed by atoms with van der Waals surface area (Å²) in [4.78, 5) is 4.99. The van der Waals surface area contributed by atoms with Gasteiger partial charge in [0.1, 0.15) is 0 Å². The second-order valence-electron chi connectivity index (χ2n) is 3.82. The third-order valence-corrected chi connectivity index (χ3v) is 3.38. The Labute approximate surface area is 93.6 Å². The molecule has 0 atom stereocenters. The summed E-state index contributed by atoms with van der Waals surface area (Å²) in [7, 11) is 0. The Balaban J connectivity index is 2.43. The second-order valence-corrected chi connectivity index (χ2v) is 4.39. The van der Waals surface area contributed by atoms with Crippen molar-refractivity contribution in [3.8, 4) is 0 Å². The maximum Gasteiger partial charge on any atom is 0.0215 e. The van der Waals surface area contributed by atoms with E-state index in [1.807, 2.05) is 0 Å². The Kier molecular flexibility index (Phi) is 5.86. The Morgan fingerprint density at radius 3 is 1.50 bits per heavy atom. The van der Waals surface area contributed by atoms with Gasteiger partial charge in [-0.25, -0.2) is 0 Å². The van der Waals surface area contributed by atoms with Crippen LogP contribution in [-0.2, 0) is 0 Å². The van der Waals surface area contributed by atoms with Gasteiger partial charge < -0.3 is 9.80 Å². The average molecular weight is 217 g/mol. The minimum absolute atomic E-state index is 1.08. The predicted molar refractivity (Wildman–Crippen MR) is 64.8 cm³/mol. The lowest BCUT2D eigenvalue weighted by Crippen LogP contribution is -2.35. The summed E-state index contributed by atoms with van der Waals surface area (Å²) in [6.45, 7) is 13.6. The SMILES string of the molecule is CCN1CCN(S)CCN(CC)CC1. The maximum absolute atomic E-state index is 4.46. The molecule has 1 aliphatic rings. The molecule has 0 unspecified atom stereocenters. The first-order valence-corrected chi connectivity index (χ1v) is 6.04. The molecule has 1 aliphatic heterocycles. The smallest absolute Gasteiger partial charge is 0.0215 e. The highest BCUT2D eigenvalue weighted by Crippen LogP contribution is 2.01. The standard InChI is InChI=1S/C10H23N3S/c1-3-11-5-6-12(4-2)8-10-13(14)9-7-11/h14H,3-10H2,1-2H3. The molecule has 0 aliphatic carbocycles. The van der Waals surface area contributed by atoms with E-state index in [4.69, 9.17) is 0 Å². The van der Waals surface area contributed by atoms with Gasteiger partial charge in [0.05, 0.1) is 0 Å². The summed E-state index contributed by atoms with van der Waals surface area (Å²) >= 11 is 4.46. The molecule has 0 radical (unpaired) electrons. The van der Waals surface area contributed by atoms with E-state index in [9.17, 15) is 0 Å². The summed E-state index contributed by atoms with van der Waals surface area (Å²) in [6, 6.07) is 0. The normalized spacial score (nSPS) is 24.2. The van der Waals surface area contributed by atoms with Crippen LogP contribution in [0.25, 0.3) is 0 Å². The topological polar surface area (TPSA) is 9.72 Å². The molecular weight excluding hydrogens is 194 g/mol. The quantitative estimate of drug-likeness (QED) is 0.686. The van der Waals surface area contributed by atoms with Crippen LogP contribution in [0.2, 0.25) is 0 Å². The van der Waals surface area contributed by atoms with Crippen LogP contribution < -0.4 is 0 Å². The van der Waals surface area contributed by atoms with Gasteiger partial charge in [0.2, 0.25) is 0 Å². The summed E-state index contributed by atoms with van der Waals surface area (Å²) in [5.41, 5.74) is 0. The summed E-state index contributed by atoms with van der Waals surface area (Å²) in [5, 5.41) is 0. The third-order valence-electron chi connectivity index (χ3n) is 2.98. The zero-order valence-electron chi connectivity index (χ0n) is 9.45. The Morgan fingerprint density at radius 1 is 0.786 bits per heavy atom. The molecule has 0 aromatic heterocycles. The number of nitrogens with zero attached hydrogens (tertiary/aromatic N) is 3. The fourth-order valence-electron chi connectivity index (χ4n) is 1.76. The minimum Gasteiger partial charge on any atom is -0.301 e. The van der Waals surface area contributed by atoms with Crippen molar-refractivity contribution < 1.29 is 0 Å². The van der Waals surface area contributed by atoms with Crippen LogP contribution in [0.15, 0.2) is 0 Å². The molecule has 4 heteroatoms. The molecule has 0 N–H and O–H groups in total. The van der Waals surface area contributed by atoms with Crippen molar-refractivity contribution in [1.82, 2.24) is 14.1 Å². The van der Waals surface area contributed by atoms with Crippen LogP contribution in [0.3, 0.4) is 0 Å². The van der Waals surface area contributed by atoms with Gasteiger partial charge in [-0.1, -0.05) is 26.7 Å². The number of likely N-dealkylation sites (N-methyl/N-ethyl adjacent to an activating group) is 2. The Bertz CT molecular complexity index is 138. The Morgan fingerprint density at radius 2 is 1.14 bits per heavy atom. The third kappa shape index (κ3) is 4.17. The summed E-state index contributed by atoms with van der Waals surface area (Å²) < 4.78 is 2.14. The Hall–Kier alpha value is 0.230. The minimum atomic E-state index is 1.08. The second kappa shape index (κ2) is 6.67. The van der Waals surface area contributed by atoms with E-state index in [-0.39, 0.29) is 0 Å². The fraction of sp³-hybridized carbons (Fsp3) is 1.00. The molecule has 1 fully saturated rings. The van der Waals surface area contributed by atoms with Crippen molar-refractivity contribution in [2.45, 2.75) is 13.8 Å². The molecule has 0 aromatic rings. The number of thiol groups is 1. The molecule has 1 rings (SSSR count). The van der Waals surface area contributed by atoms with E-state index in [0.29, 0.717) is 0 Å². The number of hydrogen-bond acceptors (Lipinski definition) is 4. The average Bonchev–Trinajstić information content (AvgIpc) is 2.29.